The van der Waals surface area contributed by atoms with Gasteiger partial charge in [0, 0.05) is 28.1 Å². The Balaban J connectivity index is 1.43. The third-order valence-corrected chi connectivity index (χ3v) is 7.48. The zero-order valence-corrected chi connectivity index (χ0v) is 19.8. The summed E-state index contributed by atoms with van der Waals surface area (Å²) in [7, 11) is 0. The van der Waals surface area contributed by atoms with E-state index in [1.165, 1.54) is 33.0 Å². The van der Waals surface area contributed by atoms with Crippen LogP contribution in [-0.4, -0.2) is 9.97 Å². The standard InChI is InChI=1S/C33H24N2/c1-33(2)28-19-24(14-15-25(28)27-17-22-11-6-7-12-23(22)18-29(27)33)30-20-31-26(13-8-16-34-31)32(35-30)21-9-4-3-5-10-21/h3-20H,1-2H3. The van der Waals surface area contributed by atoms with E-state index in [4.69, 9.17) is 4.98 Å². The zero-order valence-electron chi connectivity index (χ0n) is 19.8. The van der Waals surface area contributed by atoms with E-state index in [1.54, 1.807) is 0 Å². The number of fused-ring (bicyclic) bond motifs is 5. The molecule has 0 spiro atoms. The molecule has 0 aliphatic heterocycles. The van der Waals surface area contributed by atoms with Gasteiger partial charge in [-0.25, -0.2) is 4.98 Å². The highest BCUT2D eigenvalue weighted by atomic mass is 14.7. The van der Waals surface area contributed by atoms with Crippen LogP contribution in [0.5, 0.6) is 0 Å². The monoisotopic (exact) mass is 448 g/mol. The van der Waals surface area contributed by atoms with Crippen LogP contribution in [0.3, 0.4) is 0 Å². The fourth-order valence-corrected chi connectivity index (χ4v) is 5.62. The second kappa shape index (κ2) is 7.35. The molecule has 2 nitrogen and oxygen atoms in total. The van der Waals surface area contributed by atoms with Gasteiger partial charge in [0.2, 0.25) is 0 Å². The average Bonchev–Trinajstić information content (AvgIpc) is 3.12. The van der Waals surface area contributed by atoms with Gasteiger partial charge in [0.15, 0.2) is 0 Å². The van der Waals surface area contributed by atoms with Crippen LogP contribution in [-0.2, 0) is 5.41 Å². The minimum absolute atomic E-state index is 0.0813. The molecule has 0 bridgehead atoms. The first-order valence-corrected chi connectivity index (χ1v) is 12.1. The largest absolute Gasteiger partial charge is 0.256 e. The molecule has 0 radical (unpaired) electrons. The molecule has 0 amide bonds. The number of hydrogen-bond donors (Lipinski definition) is 0. The van der Waals surface area contributed by atoms with Crippen molar-refractivity contribution in [3.63, 3.8) is 0 Å². The first-order valence-electron chi connectivity index (χ1n) is 12.1. The molecule has 2 aromatic heterocycles. The molecule has 35 heavy (non-hydrogen) atoms. The maximum atomic E-state index is 5.17. The predicted octanol–water partition coefficient (Wildman–Crippen LogP) is 8.42. The number of benzene rings is 4. The summed E-state index contributed by atoms with van der Waals surface area (Å²) in [6.07, 6.45) is 1.86. The van der Waals surface area contributed by atoms with Gasteiger partial charge in [-0.15, -0.1) is 0 Å². The summed E-state index contributed by atoms with van der Waals surface area (Å²) >= 11 is 0. The molecule has 0 atom stereocenters. The van der Waals surface area contributed by atoms with Gasteiger partial charge in [0.25, 0.3) is 0 Å². The highest BCUT2D eigenvalue weighted by Gasteiger charge is 2.36. The van der Waals surface area contributed by atoms with Crippen LogP contribution in [0.25, 0.3) is 55.3 Å². The lowest BCUT2D eigenvalue weighted by Gasteiger charge is -2.22. The van der Waals surface area contributed by atoms with E-state index < -0.39 is 0 Å². The van der Waals surface area contributed by atoms with Crippen molar-refractivity contribution in [3.05, 3.63) is 120 Å². The molecule has 0 N–H and O–H groups in total. The topological polar surface area (TPSA) is 25.8 Å². The van der Waals surface area contributed by atoms with E-state index in [0.29, 0.717) is 0 Å². The molecule has 0 saturated carbocycles. The maximum Gasteiger partial charge on any atom is 0.0803 e. The van der Waals surface area contributed by atoms with Crippen molar-refractivity contribution < 1.29 is 0 Å². The number of rotatable bonds is 2. The van der Waals surface area contributed by atoms with Crippen LogP contribution in [0.15, 0.2) is 109 Å². The Bertz CT molecular complexity index is 1760. The smallest absolute Gasteiger partial charge is 0.0803 e. The number of nitrogens with zero attached hydrogens (tertiary/aromatic N) is 2. The molecule has 0 fully saturated rings. The Kier molecular flexibility index (Phi) is 4.22. The van der Waals surface area contributed by atoms with E-state index >= 15 is 0 Å². The highest BCUT2D eigenvalue weighted by molar-refractivity contribution is 5.96. The SMILES string of the molecule is CC1(C)c2cc(-c3cc4ncccc4c(-c4ccccc4)n3)ccc2-c2cc3ccccc3cc21. The van der Waals surface area contributed by atoms with Crippen LogP contribution >= 0.6 is 0 Å². The van der Waals surface area contributed by atoms with Crippen LogP contribution in [0.2, 0.25) is 0 Å². The van der Waals surface area contributed by atoms with Crippen LogP contribution in [0.4, 0.5) is 0 Å². The maximum absolute atomic E-state index is 5.17. The number of aromatic nitrogens is 2. The summed E-state index contributed by atoms with van der Waals surface area (Å²) in [5, 5.41) is 3.65. The minimum Gasteiger partial charge on any atom is -0.256 e. The highest BCUT2D eigenvalue weighted by Crippen LogP contribution is 2.50. The average molecular weight is 449 g/mol. The van der Waals surface area contributed by atoms with E-state index in [0.717, 1.165) is 33.4 Å². The summed E-state index contributed by atoms with van der Waals surface area (Å²) in [5.74, 6) is 0. The van der Waals surface area contributed by atoms with Crippen molar-refractivity contribution in [1.82, 2.24) is 9.97 Å². The molecule has 0 unspecified atom stereocenters. The van der Waals surface area contributed by atoms with Crippen molar-refractivity contribution in [2.24, 2.45) is 0 Å². The van der Waals surface area contributed by atoms with Gasteiger partial charge in [0.05, 0.1) is 16.9 Å². The minimum atomic E-state index is -0.0813. The molecule has 1 aliphatic rings. The van der Waals surface area contributed by atoms with Gasteiger partial charge in [0.1, 0.15) is 0 Å². The summed E-state index contributed by atoms with van der Waals surface area (Å²) < 4.78 is 0. The first-order chi connectivity index (χ1) is 17.1. The van der Waals surface area contributed by atoms with Crippen LogP contribution < -0.4 is 0 Å². The van der Waals surface area contributed by atoms with Crippen molar-refractivity contribution in [1.29, 1.82) is 0 Å². The van der Waals surface area contributed by atoms with E-state index in [2.05, 4.69) is 110 Å². The second-order valence-corrected chi connectivity index (χ2v) is 9.92. The fraction of sp³-hybridized carbons (Fsp3) is 0.0909. The lowest BCUT2D eigenvalue weighted by Crippen LogP contribution is -2.15. The van der Waals surface area contributed by atoms with E-state index in [1.807, 2.05) is 18.3 Å². The summed E-state index contributed by atoms with van der Waals surface area (Å²) in [6, 6.07) is 36.8. The molecule has 1 aliphatic carbocycles. The molecular formula is C33H24N2. The summed E-state index contributed by atoms with van der Waals surface area (Å²) in [6.45, 7) is 4.67. The van der Waals surface area contributed by atoms with Crippen molar-refractivity contribution >= 4 is 21.7 Å². The molecule has 166 valence electrons. The molecule has 6 aromatic rings. The van der Waals surface area contributed by atoms with Gasteiger partial charge in [-0.3, -0.25) is 4.98 Å². The lowest BCUT2D eigenvalue weighted by atomic mass is 9.81. The second-order valence-electron chi connectivity index (χ2n) is 9.92. The molecule has 4 aromatic carbocycles. The zero-order chi connectivity index (χ0) is 23.6. The third kappa shape index (κ3) is 3.03. The number of pyridine rings is 2. The van der Waals surface area contributed by atoms with Crippen molar-refractivity contribution in [2.75, 3.05) is 0 Å². The van der Waals surface area contributed by atoms with Crippen molar-refractivity contribution in [3.8, 4) is 33.6 Å². The van der Waals surface area contributed by atoms with E-state index in [-0.39, 0.29) is 5.41 Å². The van der Waals surface area contributed by atoms with Gasteiger partial charge >= 0.3 is 0 Å². The van der Waals surface area contributed by atoms with Gasteiger partial charge < -0.3 is 0 Å². The predicted molar refractivity (Wildman–Crippen MR) is 145 cm³/mol. The fourth-order valence-electron chi connectivity index (χ4n) is 5.62. The van der Waals surface area contributed by atoms with Gasteiger partial charge in [-0.1, -0.05) is 80.6 Å². The quantitative estimate of drug-likeness (QED) is 0.266. The Morgan fingerprint density at radius 1 is 0.600 bits per heavy atom. The van der Waals surface area contributed by atoms with Crippen LogP contribution in [0, 0.1) is 0 Å². The molecule has 0 saturated heterocycles. The van der Waals surface area contributed by atoms with Gasteiger partial charge in [-0.05, 0) is 69.4 Å². The molecule has 2 heterocycles. The summed E-state index contributed by atoms with van der Waals surface area (Å²) in [4.78, 5) is 9.85. The first kappa shape index (κ1) is 20.1. The third-order valence-electron chi connectivity index (χ3n) is 7.48. The van der Waals surface area contributed by atoms with E-state index in [9.17, 15) is 0 Å². The Morgan fingerprint density at radius 2 is 1.34 bits per heavy atom. The summed E-state index contributed by atoms with van der Waals surface area (Å²) in [5.41, 5.74) is 10.4. The van der Waals surface area contributed by atoms with Crippen molar-refractivity contribution in [2.45, 2.75) is 19.3 Å². The Morgan fingerprint density at radius 3 is 2.17 bits per heavy atom. The number of hydrogen-bond acceptors (Lipinski definition) is 2. The Labute approximate surface area is 204 Å². The molecule has 2 heteroatoms. The van der Waals surface area contributed by atoms with Gasteiger partial charge in [-0.2, -0.15) is 0 Å². The Hall–Kier alpha value is -4.30. The molecular weight excluding hydrogens is 424 g/mol. The molecule has 7 rings (SSSR count). The lowest BCUT2D eigenvalue weighted by molar-refractivity contribution is 0.661. The normalized spacial score (nSPS) is 13.7. The van der Waals surface area contributed by atoms with Crippen LogP contribution in [0.1, 0.15) is 25.0 Å².